The highest BCUT2D eigenvalue weighted by molar-refractivity contribution is 6.30. The number of rotatable bonds is 5. The summed E-state index contributed by atoms with van der Waals surface area (Å²) in [6.07, 6.45) is 1.21. The number of hydrogen-bond acceptors (Lipinski definition) is 4. The summed E-state index contributed by atoms with van der Waals surface area (Å²) < 4.78 is 5.40. The van der Waals surface area contributed by atoms with Crippen LogP contribution in [0.15, 0.2) is 24.3 Å². The van der Waals surface area contributed by atoms with E-state index >= 15 is 0 Å². The highest BCUT2D eigenvalue weighted by Gasteiger charge is 2.18. The number of benzene rings is 1. The van der Waals surface area contributed by atoms with E-state index in [0.717, 1.165) is 37.9 Å². The van der Waals surface area contributed by atoms with Crippen LogP contribution in [0.3, 0.4) is 0 Å². The Labute approximate surface area is 153 Å². The Morgan fingerprint density at radius 2 is 1.64 bits per heavy atom. The molecule has 2 N–H and O–H groups in total. The van der Waals surface area contributed by atoms with Gasteiger partial charge in [0.15, 0.2) is 0 Å². The molecule has 1 aliphatic heterocycles. The maximum absolute atomic E-state index is 9.10. The van der Waals surface area contributed by atoms with Crippen molar-refractivity contribution in [3.05, 3.63) is 34.9 Å². The lowest BCUT2D eigenvalue weighted by atomic mass is 9.85. The Hall–Kier alpha value is -1.63. The van der Waals surface area contributed by atoms with Gasteiger partial charge in [0.05, 0.1) is 13.2 Å². The average molecular weight is 372 g/mol. The lowest BCUT2D eigenvalue weighted by molar-refractivity contribution is -0.159. The molecule has 1 aromatic rings. The Balaban J connectivity index is 0.000000450. The van der Waals surface area contributed by atoms with E-state index in [1.54, 1.807) is 0 Å². The van der Waals surface area contributed by atoms with Gasteiger partial charge in [0.1, 0.15) is 0 Å². The van der Waals surface area contributed by atoms with Crippen molar-refractivity contribution in [3.63, 3.8) is 0 Å². The van der Waals surface area contributed by atoms with Crippen molar-refractivity contribution in [1.29, 1.82) is 0 Å². The third-order valence-electron chi connectivity index (χ3n) is 4.15. The molecule has 0 radical (unpaired) electrons. The van der Waals surface area contributed by atoms with Gasteiger partial charge in [0.2, 0.25) is 0 Å². The van der Waals surface area contributed by atoms with Gasteiger partial charge >= 0.3 is 11.9 Å². The van der Waals surface area contributed by atoms with Crippen LogP contribution in [-0.4, -0.2) is 59.9 Å². The number of carboxylic acid groups (broad SMARTS) is 2. The highest BCUT2D eigenvalue weighted by atomic mass is 35.5. The number of hydrogen-bond donors (Lipinski definition) is 2. The third-order valence-corrected chi connectivity index (χ3v) is 4.40. The van der Waals surface area contributed by atoms with E-state index in [4.69, 9.17) is 36.1 Å². The van der Waals surface area contributed by atoms with Gasteiger partial charge in [0, 0.05) is 18.1 Å². The predicted octanol–water partition coefficient (Wildman–Crippen LogP) is 2.96. The molecule has 0 bridgehead atoms. The summed E-state index contributed by atoms with van der Waals surface area (Å²) in [7, 11) is 0. The van der Waals surface area contributed by atoms with Crippen molar-refractivity contribution < 1.29 is 24.5 Å². The van der Waals surface area contributed by atoms with Crippen molar-refractivity contribution in [2.24, 2.45) is 5.92 Å². The smallest absolute Gasteiger partial charge is 0.414 e. The zero-order valence-corrected chi connectivity index (χ0v) is 15.4. The molecule has 1 atom stereocenters. The van der Waals surface area contributed by atoms with Crippen molar-refractivity contribution in [2.45, 2.75) is 26.2 Å². The second kappa shape index (κ2) is 11.1. The zero-order valence-electron chi connectivity index (χ0n) is 14.7. The van der Waals surface area contributed by atoms with Crippen molar-refractivity contribution in [1.82, 2.24) is 4.90 Å². The highest BCUT2D eigenvalue weighted by Crippen LogP contribution is 2.29. The minimum absolute atomic E-state index is 0.611. The molecule has 1 heterocycles. The SMILES string of the molecule is CC(C)C(CCN1CCOCC1)c1ccc(Cl)cc1.O=C(O)C(=O)O. The monoisotopic (exact) mass is 371 g/mol. The average Bonchev–Trinajstić information content (AvgIpc) is 2.58. The molecular weight excluding hydrogens is 346 g/mol. The molecule has 25 heavy (non-hydrogen) atoms. The molecule has 0 spiro atoms. The van der Waals surface area contributed by atoms with Gasteiger partial charge in [0.25, 0.3) is 0 Å². The minimum Gasteiger partial charge on any atom is -0.473 e. The van der Waals surface area contributed by atoms with Crippen molar-refractivity contribution in [2.75, 3.05) is 32.8 Å². The lowest BCUT2D eigenvalue weighted by Crippen LogP contribution is -2.37. The molecular formula is C18H26ClNO5. The molecule has 1 saturated heterocycles. The summed E-state index contributed by atoms with van der Waals surface area (Å²) >= 11 is 5.97. The van der Waals surface area contributed by atoms with Gasteiger partial charge in [-0.1, -0.05) is 37.6 Å². The van der Waals surface area contributed by atoms with E-state index in [1.807, 2.05) is 12.1 Å². The fourth-order valence-electron chi connectivity index (χ4n) is 2.74. The molecule has 1 unspecified atom stereocenters. The molecule has 0 aliphatic carbocycles. The summed E-state index contributed by atoms with van der Waals surface area (Å²) in [6.45, 7) is 9.68. The summed E-state index contributed by atoms with van der Waals surface area (Å²) in [6, 6.07) is 8.35. The van der Waals surface area contributed by atoms with Gasteiger partial charge < -0.3 is 14.9 Å². The first-order valence-corrected chi connectivity index (χ1v) is 8.70. The number of aliphatic carboxylic acids is 2. The van der Waals surface area contributed by atoms with Crippen LogP contribution in [0.4, 0.5) is 0 Å². The quantitative estimate of drug-likeness (QED) is 0.774. The van der Waals surface area contributed by atoms with Gasteiger partial charge in [-0.15, -0.1) is 0 Å². The summed E-state index contributed by atoms with van der Waals surface area (Å²) in [5, 5.41) is 15.6. The summed E-state index contributed by atoms with van der Waals surface area (Å²) in [4.78, 5) is 20.7. The Bertz CT molecular complexity index is 529. The van der Waals surface area contributed by atoms with Crippen LogP contribution >= 0.6 is 11.6 Å². The predicted molar refractivity (Wildman–Crippen MR) is 96.2 cm³/mol. The fourth-order valence-corrected chi connectivity index (χ4v) is 2.87. The largest absolute Gasteiger partial charge is 0.473 e. The first kappa shape index (κ1) is 21.4. The first-order valence-electron chi connectivity index (χ1n) is 8.33. The lowest BCUT2D eigenvalue weighted by Gasteiger charge is -2.29. The Kier molecular flexibility index (Phi) is 9.49. The number of carboxylic acids is 2. The normalized spacial score (nSPS) is 16.0. The van der Waals surface area contributed by atoms with Gasteiger partial charge in [-0.2, -0.15) is 0 Å². The molecule has 1 fully saturated rings. The van der Waals surface area contributed by atoms with Crippen molar-refractivity contribution in [3.8, 4) is 0 Å². The maximum atomic E-state index is 9.10. The molecule has 6 nitrogen and oxygen atoms in total. The molecule has 7 heteroatoms. The van der Waals surface area contributed by atoms with Gasteiger partial charge in [-0.25, -0.2) is 9.59 Å². The number of morpholine rings is 1. The fraction of sp³-hybridized carbons (Fsp3) is 0.556. The van der Waals surface area contributed by atoms with Crippen molar-refractivity contribution >= 4 is 23.5 Å². The minimum atomic E-state index is -1.82. The molecule has 140 valence electrons. The molecule has 0 aromatic heterocycles. The molecule has 0 amide bonds. The molecule has 1 aromatic carbocycles. The van der Waals surface area contributed by atoms with E-state index in [2.05, 4.69) is 30.9 Å². The van der Waals surface area contributed by atoms with Crippen LogP contribution in [0, 0.1) is 5.92 Å². The van der Waals surface area contributed by atoms with Crippen LogP contribution < -0.4 is 0 Å². The number of carbonyl (C=O) groups is 2. The number of nitrogens with zero attached hydrogens (tertiary/aromatic N) is 1. The second-order valence-corrected chi connectivity index (χ2v) is 6.69. The number of ether oxygens (including phenoxy) is 1. The van der Waals surface area contributed by atoms with Gasteiger partial charge in [-0.05, 0) is 42.5 Å². The number of halogens is 1. The Morgan fingerprint density at radius 3 is 2.08 bits per heavy atom. The molecule has 1 aliphatic rings. The standard InChI is InChI=1S/C16H24ClNO.C2H2O4/c1-13(2)16(14-3-5-15(17)6-4-14)7-8-18-9-11-19-12-10-18;3-1(4)2(5)6/h3-6,13,16H,7-12H2,1-2H3;(H,3,4)(H,5,6). The van der Waals surface area contributed by atoms with Crippen LogP contribution in [0.2, 0.25) is 5.02 Å². The van der Waals surface area contributed by atoms with Crippen LogP contribution in [0.25, 0.3) is 0 Å². The van der Waals surface area contributed by atoms with Crippen LogP contribution in [0.1, 0.15) is 31.7 Å². The first-order chi connectivity index (χ1) is 11.8. The second-order valence-electron chi connectivity index (χ2n) is 6.26. The van der Waals surface area contributed by atoms with Crippen LogP contribution in [0.5, 0.6) is 0 Å². The van der Waals surface area contributed by atoms with E-state index in [9.17, 15) is 0 Å². The van der Waals surface area contributed by atoms with E-state index in [-0.39, 0.29) is 0 Å². The van der Waals surface area contributed by atoms with Crippen LogP contribution in [-0.2, 0) is 14.3 Å². The molecule has 0 saturated carbocycles. The van der Waals surface area contributed by atoms with E-state index in [0.29, 0.717) is 11.8 Å². The Morgan fingerprint density at radius 1 is 1.12 bits per heavy atom. The summed E-state index contributed by atoms with van der Waals surface area (Å²) in [5.74, 6) is -2.38. The van der Waals surface area contributed by atoms with Gasteiger partial charge in [-0.3, -0.25) is 4.90 Å². The zero-order chi connectivity index (χ0) is 18.8. The third kappa shape index (κ3) is 8.34. The summed E-state index contributed by atoms with van der Waals surface area (Å²) in [5.41, 5.74) is 1.41. The maximum Gasteiger partial charge on any atom is 0.414 e. The molecule has 2 rings (SSSR count). The van der Waals surface area contributed by atoms with E-state index < -0.39 is 11.9 Å². The van der Waals surface area contributed by atoms with E-state index in [1.165, 1.54) is 12.0 Å². The topological polar surface area (TPSA) is 87.1 Å².